The minimum Gasteiger partial charge on any atom is -0.443 e. The number of hydrogen-bond donors (Lipinski definition) is 1. The van der Waals surface area contributed by atoms with E-state index in [4.69, 9.17) is 21.1 Å². The normalized spacial score (nSPS) is 24.2. The Morgan fingerprint density at radius 1 is 1.14 bits per heavy atom. The topological polar surface area (TPSA) is 71.1 Å². The van der Waals surface area contributed by atoms with Crippen molar-refractivity contribution in [3.05, 3.63) is 35.9 Å². The van der Waals surface area contributed by atoms with E-state index < -0.39 is 11.7 Å². The van der Waals surface area contributed by atoms with Crippen LogP contribution in [0.3, 0.4) is 0 Å². The van der Waals surface area contributed by atoms with Gasteiger partial charge < -0.3 is 19.7 Å². The van der Waals surface area contributed by atoms with Crippen LogP contribution in [-0.2, 0) is 4.74 Å². The van der Waals surface area contributed by atoms with E-state index in [9.17, 15) is 9.59 Å². The van der Waals surface area contributed by atoms with Crippen molar-refractivity contribution >= 4 is 61.8 Å². The van der Waals surface area contributed by atoms with Crippen LogP contribution < -0.4 is 15.0 Å². The second-order valence-corrected chi connectivity index (χ2v) is 12.9. The van der Waals surface area contributed by atoms with Gasteiger partial charge in [0, 0.05) is 60.4 Å². The van der Waals surface area contributed by atoms with Crippen molar-refractivity contribution in [2.75, 3.05) is 41.9 Å². The molecule has 2 fully saturated rings. The molecule has 3 heterocycles. The van der Waals surface area contributed by atoms with Crippen molar-refractivity contribution in [1.29, 1.82) is 0 Å². The van der Waals surface area contributed by atoms with Crippen LogP contribution in [0.2, 0.25) is 0 Å². The molecule has 10 heteroatoms. The first-order valence-corrected chi connectivity index (χ1v) is 14.9. The van der Waals surface area contributed by atoms with Gasteiger partial charge in [-0.05, 0) is 31.7 Å². The number of benzene rings is 2. The summed E-state index contributed by atoms with van der Waals surface area (Å²) in [7, 11) is 3.63. The number of fused-ring (bicyclic) bond motifs is 4. The lowest BCUT2D eigenvalue weighted by Gasteiger charge is -2.43. The van der Waals surface area contributed by atoms with Crippen LogP contribution in [-0.4, -0.2) is 71.8 Å². The Morgan fingerprint density at radius 2 is 1.89 bits per heavy atom. The molecule has 188 valence electrons. The summed E-state index contributed by atoms with van der Waals surface area (Å²) >= 11 is 6.35. The Balaban J connectivity index is 1.51. The number of anilines is 1. The standard InChI is InChI=1S/C25H30ClN3O4S2/c1-25(2,3)33-24(31)29-12-15(11-26)22-17-7-5-4-6-16(17)21(10-19(22)29)32-23(30)28-9-8-27-18-13-34-35-14-20(18)28/h4-7,10,15,18,20,27H,8-9,11-14H2,1-3H3/t15-,18-,20-/m1/s1. The Bertz CT molecular complexity index is 1140. The van der Waals surface area contributed by atoms with E-state index in [1.54, 1.807) is 21.8 Å². The molecule has 3 aliphatic rings. The molecule has 35 heavy (non-hydrogen) atoms. The van der Waals surface area contributed by atoms with Crippen molar-refractivity contribution in [3.8, 4) is 5.75 Å². The fourth-order valence-corrected chi connectivity index (χ4v) is 7.92. The molecule has 2 aromatic rings. The number of carbonyl (C=O) groups is 2. The molecule has 2 saturated heterocycles. The molecule has 1 N–H and O–H groups in total. The van der Waals surface area contributed by atoms with E-state index in [2.05, 4.69) is 5.32 Å². The van der Waals surface area contributed by atoms with Crippen molar-refractivity contribution < 1.29 is 19.1 Å². The largest absolute Gasteiger partial charge is 0.443 e. The van der Waals surface area contributed by atoms with Crippen LogP contribution in [0.4, 0.5) is 15.3 Å². The maximum Gasteiger partial charge on any atom is 0.415 e. The monoisotopic (exact) mass is 535 g/mol. The van der Waals surface area contributed by atoms with Crippen LogP contribution in [0.5, 0.6) is 5.75 Å². The number of carbonyl (C=O) groups excluding carboxylic acids is 2. The number of hydrogen-bond acceptors (Lipinski definition) is 7. The molecule has 0 radical (unpaired) electrons. The van der Waals surface area contributed by atoms with Gasteiger partial charge in [-0.2, -0.15) is 0 Å². The summed E-state index contributed by atoms with van der Waals surface area (Å²) in [4.78, 5) is 30.0. The molecule has 0 aromatic heterocycles. The number of alkyl halides is 1. The molecule has 0 spiro atoms. The van der Waals surface area contributed by atoms with Crippen molar-refractivity contribution in [1.82, 2.24) is 10.2 Å². The molecule has 3 atom stereocenters. The molecule has 5 rings (SSSR count). The van der Waals surface area contributed by atoms with Crippen LogP contribution >= 0.6 is 33.2 Å². The zero-order valence-electron chi connectivity index (χ0n) is 20.1. The lowest BCUT2D eigenvalue weighted by atomic mass is 9.95. The molecule has 2 aromatic carbocycles. The van der Waals surface area contributed by atoms with Crippen molar-refractivity contribution in [2.45, 2.75) is 44.4 Å². The van der Waals surface area contributed by atoms with Gasteiger partial charge in [0.25, 0.3) is 0 Å². The van der Waals surface area contributed by atoms with E-state index in [1.807, 2.05) is 60.7 Å². The van der Waals surface area contributed by atoms with E-state index in [-0.39, 0.29) is 24.1 Å². The summed E-state index contributed by atoms with van der Waals surface area (Å²) in [6.07, 6.45) is -0.782. The molecule has 0 saturated carbocycles. The lowest BCUT2D eigenvalue weighted by molar-refractivity contribution is 0.0582. The third kappa shape index (κ3) is 4.92. The predicted molar refractivity (Wildman–Crippen MR) is 144 cm³/mol. The van der Waals surface area contributed by atoms with Gasteiger partial charge in [-0.15, -0.1) is 11.6 Å². The number of nitrogens with one attached hydrogen (secondary N) is 1. The summed E-state index contributed by atoms with van der Waals surface area (Å²) in [5.74, 6) is 2.60. The smallest absolute Gasteiger partial charge is 0.415 e. The Labute approximate surface area is 218 Å². The second kappa shape index (κ2) is 9.92. The highest BCUT2D eigenvalue weighted by Crippen LogP contribution is 2.46. The molecule has 0 bridgehead atoms. The first kappa shape index (κ1) is 24.9. The highest BCUT2D eigenvalue weighted by atomic mass is 35.5. The first-order valence-electron chi connectivity index (χ1n) is 11.8. The number of rotatable bonds is 2. The highest BCUT2D eigenvalue weighted by Gasteiger charge is 2.39. The van der Waals surface area contributed by atoms with Crippen LogP contribution in [0, 0.1) is 0 Å². The third-order valence-electron chi connectivity index (χ3n) is 6.55. The molecule has 0 aliphatic carbocycles. The number of ether oxygens (including phenoxy) is 2. The van der Waals surface area contributed by atoms with Gasteiger partial charge >= 0.3 is 12.2 Å². The molecular weight excluding hydrogens is 506 g/mol. The molecule has 7 nitrogen and oxygen atoms in total. The van der Waals surface area contributed by atoms with Crippen LogP contribution in [0.15, 0.2) is 30.3 Å². The maximum absolute atomic E-state index is 13.4. The minimum absolute atomic E-state index is 0.0421. The zero-order chi connectivity index (χ0) is 24.7. The van der Waals surface area contributed by atoms with Crippen LogP contribution in [0.1, 0.15) is 32.3 Å². The molecule has 2 amide bonds. The summed E-state index contributed by atoms with van der Waals surface area (Å²) in [6.45, 7) is 7.31. The van der Waals surface area contributed by atoms with Crippen LogP contribution in [0.25, 0.3) is 10.8 Å². The zero-order valence-corrected chi connectivity index (χ0v) is 22.5. The van der Waals surface area contributed by atoms with E-state index in [1.165, 1.54) is 0 Å². The second-order valence-electron chi connectivity index (χ2n) is 10.1. The van der Waals surface area contributed by atoms with Gasteiger partial charge in [0.1, 0.15) is 11.4 Å². The average Bonchev–Trinajstić information content (AvgIpc) is 3.21. The number of nitrogens with zero attached hydrogens (tertiary/aromatic N) is 2. The third-order valence-corrected chi connectivity index (χ3v) is 9.38. The average molecular weight is 536 g/mol. The minimum atomic E-state index is -0.627. The first-order chi connectivity index (χ1) is 16.8. The molecular formula is C25H30ClN3O4S2. The quantitative estimate of drug-likeness (QED) is 0.405. The van der Waals surface area contributed by atoms with Gasteiger partial charge in [-0.25, -0.2) is 9.59 Å². The van der Waals surface area contributed by atoms with Gasteiger partial charge in [-0.3, -0.25) is 4.90 Å². The predicted octanol–water partition coefficient (Wildman–Crippen LogP) is 5.45. The summed E-state index contributed by atoms with van der Waals surface area (Å²) in [5.41, 5.74) is 1.05. The SMILES string of the molecule is CC(C)(C)OC(=O)N1C[C@@H](CCl)c2c1cc(OC(=O)N1CCN[C@@H]3CSSC[C@H]31)c1ccccc21. The fraction of sp³-hybridized carbons (Fsp3) is 0.520. The molecule has 3 aliphatic heterocycles. The summed E-state index contributed by atoms with van der Waals surface area (Å²) < 4.78 is 11.7. The van der Waals surface area contributed by atoms with E-state index >= 15 is 0 Å². The number of halogens is 1. The van der Waals surface area contributed by atoms with Crippen molar-refractivity contribution in [2.24, 2.45) is 0 Å². The Hall–Kier alpha value is -1.81. The van der Waals surface area contributed by atoms with Crippen molar-refractivity contribution in [3.63, 3.8) is 0 Å². The fourth-order valence-electron chi connectivity index (χ4n) is 5.00. The molecule has 0 unspecified atom stereocenters. The van der Waals surface area contributed by atoms with Gasteiger partial charge in [0.05, 0.1) is 11.7 Å². The van der Waals surface area contributed by atoms with E-state index in [0.717, 1.165) is 34.4 Å². The number of piperazine rings is 1. The van der Waals surface area contributed by atoms with Gasteiger partial charge in [0.15, 0.2) is 0 Å². The van der Waals surface area contributed by atoms with E-state index in [0.29, 0.717) is 30.4 Å². The van der Waals surface area contributed by atoms with Gasteiger partial charge in [0.2, 0.25) is 0 Å². The number of amides is 2. The lowest BCUT2D eigenvalue weighted by Crippen LogP contribution is -2.62. The maximum atomic E-state index is 13.4. The highest BCUT2D eigenvalue weighted by molar-refractivity contribution is 8.76. The summed E-state index contributed by atoms with van der Waals surface area (Å²) in [6, 6.07) is 10.0. The Morgan fingerprint density at radius 3 is 2.63 bits per heavy atom. The van der Waals surface area contributed by atoms with Gasteiger partial charge in [-0.1, -0.05) is 45.9 Å². The summed E-state index contributed by atoms with van der Waals surface area (Å²) in [5, 5.41) is 5.30. The Kier molecular flexibility index (Phi) is 7.05.